The molecular formula is C21H16NO3PS. The highest BCUT2D eigenvalue weighted by Crippen LogP contribution is 2.39. The van der Waals surface area contributed by atoms with Gasteiger partial charge in [0.15, 0.2) is 8.46 Å². The van der Waals surface area contributed by atoms with Crippen molar-refractivity contribution in [3.8, 4) is 11.1 Å². The summed E-state index contributed by atoms with van der Waals surface area (Å²) in [7, 11) is 1.31. The van der Waals surface area contributed by atoms with Crippen molar-refractivity contribution in [2.75, 3.05) is 11.8 Å². The van der Waals surface area contributed by atoms with E-state index in [1.54, 1.807) is 0 Å². The number of rotatable bonds is 5. The second-order valence-electron chi connectivity index (χ2n) is 5.98. The molecular weight excluding hydrogens is 377 g/mol. The van der Waals surface area contributed by atoms with E-state index in [0.717, 1.165) is 32.7 Å². The molecule has 134 valence electrons. The first kappa shape index (κ1) is 17.8. The van der Waals surface area contributed by atoms with E-state index in [1.807, 2.05) is 72.8 Å². The van der Waals surface area contributed by atoms with Crippen LogP contribution in [0.3, 0.4) is 0 Å². The zero-order valence-corrected chi connectivity index (χ0v) is 16.2. The Balaban J connectivity index is 2.15. The van der Waals surface area contributed by atoms with Gasteiger partial charge in [0.2, 0.25) is 0 Å². The molecule has 0 amide bonds. The van der Waals surface area contributed by atoms with Crippen molar-refractivity contribution in [3.05, 3.63) is 72.8 Å². The fourth-order valence-corrected chi connectivity index (χ4v) is 4.25. The van der Waals surface area contributed by atoms with Gasteiger partial charge < -0.3 is 0 Å². The molecule has 0 radical (unpaired) electrons. The number of nitrogens with one attached hydrogen (secondary N) is 1. The van der Waals surface area contributed by atoms with E-state index in [1.165, 1.54) is 7.11 Å². The maximum absolute atomic E-state index is 12.0. The van der Waals surface area contributed by atoms with Gasteiger partial charge in [0.1, 0.15) is 0 Å². The molecule has 0 spiro atoms. The second-order valence-corrected chi connectivity index (χ2v) is 7.66. The van der Waals surface area contributed by atoms with Gasteiger partial charge in [0, 0.05) is 11.1 Å². The number of hydrogen-bond donors (Lipinski definition) is 1. The Morgan fingerprint density at radius 1 is 0.815 bits per heavy atom. The maximum atomic E-state index is 12.0. The molecule has 4 rings (SSSR count). The Bertz CT molecular complexity index is 1190. The van der Waals surface area contributed by atoms with Crippen LogP contribution in [0.5, 0.6) is 0 Å². The molecule has 0 fully saturated rings. The summed E-state index contributed by atoms with van der Waals surface area (Å²) in [5.41, 5.74) is 2.38. The average molecular weight is 393 g/mol. The predicted octanol–water partition coefficient (Wildman–Crippen LogP) is 5.21. The zero-order valence-electron chi connectivity index (χ0n) is 14.5. The smallest absolute Gasteiger partial charge is 0.261 e. The lowest BCUT2D eigenvalue weighted by Crippen LogP contribution is -2.08. The Labute approximate surface area is 161 Å². The number of anilines is 1. The molecule has 4 aromatic rings. The molecule has 6 heteroatoms. The van der Waals surface area contributed by atoms with Crippen molar-refractivity contribution in [1.82, 2.24) is 0 Å². The van der Waals surface area contributed by atoms with Crippen molar-refractivity contribution in [3.63, 3.8) is 0 Å². The lowest BCUT2D eigenvalue weighted by molar-refractivity contribution is 0.449. The summed E-state index contributed by atoms with van der Waals surface area (Å²) in [5.74, 6) is 0. The van der Waals surface area contributed by atoms with E-state index in [-0.39, 0.29) is 8.46 Å². The van der Waals surface area contributed by atoms with Crippen LogP contribution in [0.15, 0.2) is 72.8 Å². The topological polar surface area (TPSA) is 55.4 Å². The summed E-state index contributed by atoms with van der Waals surface area (Å²) in [5, 5.41) is 4.74. The third-order valence-corrected chi connectivity index (χ3v) is 5.79. The van der Waals surface area contributed by atoms with Gasteiger partial charge in [0.25, 0.3) is 11.3 Å². The standard InChI is InChI=1S/C21H16NO3PS/c1-25-27(24)22-18-12-10-14-6-2-4-8-16(14)20(18)21-17-9-5-3-7-15(17)11-13-19(21)26-23/h2-13,22H,1H3. The van der Waals surface area contributed by atoms with Crippen molar-refractivity contribution in [2.45, 2.75) is 0 Å². The molecule has 0 saturated carbocycles. The SMILES string of the molecule is COS(=O)Nc1ccc2ccccc2c1-c1c(P=O)ccc2ccccc12. The van der Waals surface area contributed by atoms with Crippen LogP contribution in [0, 0.1) is 0 Å². The average Bonchev–Trinajstić information content (AvgIpc) is 2.73. The van der Waals surface area contributed by atoms with E-state index in [0.29, 0.717) is 11.0 Å². The minimum Gasteiger partial charge on any atom is -0.282 e. The molecule has 0 saturated heterocycles. The van der Waals surface area contributed by atoms with E-state index in [9.17, 15) is 8.77 Å². The summed E-state index contributed by atoms with van der Waals surface area (Å²) in [4.78, 5) is 0. The van der Waals surface area contributed by atoms with Crippen molar-refractivity contribution >= 4 is 52.3 Å². The van der Waals surface area contributed by atoms with Crippen LogP contribution in [0.25, 0.3) is 32.7 Å². The van der Waals surface area contributed by atoms with Gasteiger partial charge in [0.05, 0.1) is 18.1 Å². The predicted molar refractivity (Wildman–Crippen MR) is 113 cm³/mol. The number of hydrogen-bond acceptors (Lipinski definition) is 3. The summed E-state index contributed by atoms with van der Waals surface area (Å²) in [6.07, 6.45) is 0. The monoisotopic (exact) mass is 393 g/mol. The highest BCUT2D eigenvalue weighted by molar-refractivity contribution is 7.81. The van der Waals surface area contributed by atoms with Gasteiger partial charge in [-0.3, -0.25) is 13.5 Å². The molecule has 1 N–H and O–H groups in total. The minimum absolute atomic E-state index is 0.0707. The van der Waals surface area contributed by atoms with Gasteiger partial charge in [-0.15, -0.1) is 0 Å². The Morgan fingerprint density at radius 2 is 1.41 bits per heavy atom. The molecule has 4 nitrogen and oxygen atoms in total. The van der Waals surface area contributed by atoms with E-state index >= 15 is 0 Å². The van der Waals surface area contributed by atoms with Gasteiger partial charge in [-0.05, 0) is 33.7 Å². The largest absolute Gasteiger partial charge is 0.282 e. The van der Waals surface area contributed by atoms with E-state index in [2.05, 4.69) is 4.72 Å². The minimum atomic E-state index is -1.68. The van der Waals surface area contributed by atoms with Crippen LogP contribution >= 0.6 is 8.46 Å². The lowest BCUT2D eigenvalue weighted by atomic mass is 9.92. The fraction of sp³-hybridized carbons (Fsp3) is 0.0476. The molecule has 0 bridgehead atoms. The zero-order chi connectivity index (χ0) is 18.8. The maximum Gasteiger partial charge on any atom is 0.261 e. The second kappa shape index (κ2) is 7.57. The molecule has 0 aromatic heterocycles. The first-order chi connectivity index (χ1) is 13.2. The van der Waals surface area contributed by atoms with Crippen LogP contribution in [-0.4, -0.2) is 11.3 Å². The van der Waals surface area contributed by atoms with Crippen molar-refractivity contribution in [1.29, 1.82) is 0 Å². The summed E-state index contributed by atoms with van der Waals surface area (Å²) < 4.78 is 31.8. The van der Waals surface area contributed by atoms with Crippen LogP contribution in [0.1, 0.15) is 0 Å². The third-order valence-electron chi connectivity index (χ3n) is 4.53. The summed E-state index contributed by atoms with van der Waals surface area (Å²) in [6.45, 7) is 0. The first-order valence-electron chi connectivity index (χ1n) is 8.33. The molecule has 27 heavy (non-hydrogen) atoms. The van der Waals surface area contributed by atoms with E-state index in [4.69, 9.17) is 4.18 Å². The Morgan fingerprint density at radius 3 is 2.04 bits per heavy atom. The van der Waals surface area contributed by atoms with Gasteiger partial charge in [-0.1, -0.05) is 60.7 Å². The Hall–Kier alpha value is -2.59. The molecule has 0 heterocycles. The molecule has 1 unspecified atom stereocenters. The molecule has 4 aromatic carbocycles. The number of benzene rings is 4. The van der Waals surface area contributed by atoms with Gasteiger partial charge in [-0.25, -0.2) is 4.21 Å². The normalized spacial score (nSPS) is 12.5. The molecule has 0 aliphatic rings. The fourth-order valence-electron chi connectivity index (χ4n) is 3.36. The van der Waals surface area contributed by atoms with Crippen LogP contribution in [0.2, 0.25) is 0 Å². The highest BCUT2D eigenvalue weighted by atomic mass is 32.2. The molecule has 0 aliphatic carbocycles. The summed E-state index contributed by atoms with van der Waals surface area (Å²) >= 11 is -1.68. The number of fused-ring (bicyclic) bond motifs is 2. The van der Waals surface area contributed by atoms with Crippen molar-refractivity contribution in [2.24, 2.45) is 0 Å². The molecule has 0 aliphatic heterocycles. The summed E-state index contributed by atoms with van der Waals surface area (Å²) in [6, 6.07) is 23.6. The van der Waals surface area contributed by atoms with Crippen molar-refractivity contribution < 1.29 is 13.0 Å². The Kier molecular flexibility index (Phi) is 4.99. The van der Waals surface area contributed by atoms with E-state index < -0.39 is 11.3 Å². The van der Waals surface area contributed by atoms with Crippen LogP contribution < -0.4 is 10.0 Å². The molecule has 1 atom stereocenters. The third kappa shape index (κ3) is 3.26. The van der Waals surface area contributed by atoms with Gasteiger partial charge >= 0.3 is 0 Å². The lowest BCUT2D eigenvalue weighted by Gasteiger charge is -2.17. The van der Waals surface area contributed by atoms with Gasteiger partial charge in [-0.2, -0.15) is 0 Å². The van der Waals surface area contributed by atoms with Crippen LogP contribution in [0.4, 0.5) is 5.69 Å². The van der Waals surface area contributed by atoms with Crippen LogP contribution in [-0.2, 0) is 20.0 Å². The highest BCUT2D eigenvalue weighted by Gasteiger charge is 2.18. The first-order valence-corrected chi connectivity index (χ1v) is 10.2. The quantitative estimate of drug-likeness (QED) is 0.473.